The van der Waals surface area contributed by atoms with E-state index in [1.54, 1.807) is 47.8 Å². The maximum atomic E-state index is 12.4. The first-order valence-electron chi connectivity index (χ1n) is 7.18. The number of benzene rings is 2. The highest BCUT2D eigenvalue weighted by Crippen LogP contribution is 2.26. The molecule has 25 heavy (non-hydrogen) atoms. The minimum absolute atomic E-state index is 0.214. The van der Waals surface area contributed by atoms with Gasteiger partial charge in [0.15, 0.2) is 0 Å². The number of rotatable bonds is 5. The minimum Gasteiger partial charge on any atom is -0.320 e. The fourth-order valence-electron chi connectivity index (χ4n) is 2.09. The molecule has 0 spiro atoms. The number of nitrogens with one attached hydrogen (secondary N) is 2. The van der Waals surface area contributed by atoms with Crippen LogP contribution < -0.4 is 10.0 Å². The van der Waals surface area contributed by atoms with Gasteiger partial charge >= 0.3 is 0 Å². The number of carbonyl (C=O) groups is 1. The molecule has 0 aliphatic carbocycles. The molecule has 0 fully saturated rings. The molecule has 128 valence electrons. The number of thiophene rings is 1. The zero-order valence-corrected chi connectivity index (χ0v) is 16.6. The second-order valence-electron chi connectivity index (χ2n) is 5.04. The topological polar surface area (TPSA) is 75.3 Å². The van der Waals surface area contributed by atoms with Crippen LogP contribution in [-0.2, 0) is 10.0 Å². The Bertz CT molecular complexity index is 985. The maximum absolute atomic E-state index is 12.4. The van der Waals surface area contributed by atoms with Gasteiger partial charge in [0.25, 0.3) is 15.9 Å². The molecule has 8 heteroatoms. The number of sulfonamides is 1. The monoisotopic (exact) mass is 484 g/mol. The first-order valence-corrected chi connectivity index (χ1v) is 10.6. The van der Waals surface area contributed by atoms with Gasteiger partial charge in [0.05, 0.1) is 11.4 Å². The number of halogens is 1. The van der Waals surface area contributed by atoms with Crippen molar-refractivity contribution in [3.05, 3.63) is 75.2 Å². The van der Waals surface area contributed by atoms with Crippen molar-refractivity contribution in [2.24, 2.45) is 0 Å². The zero-order chi connectivity index (χ0) is 17.9. The SMILES string of the molecule is O=C(Nc1ccccc1NS(=O)(=O)c1cccs1)c1ccc(I)cc1. The summed E-state index contributed by atoms with van der Waals surface area (Å²) in [5.74, 6) is -0.306. The number of para-hydroxylation sites is 2. The summed E-state index contributed by atoms with van der Waals surface area (Å²) in [6.45, 7) is 0. The first-order chi connectivity index (χ1) is 12.0. The molecule has 5 nitrogen and oxygen atoms in total. The Hall–Kier alpha value is -1.91. The lowest BCUT2D eigenvalue weighted by Crippen LogP contribution is -2.16. The third-order valence-corrected chi connectivity index (χ3v) is 6.77. The summed E-state index contributed by atoms with van der Waals surface area (Å²) in [7, 11) is -3.68. The molecule has 2 aromatic carbocycles. The van der Waals surface area contributed by atoms with Crippen LogP contribution in [0.25, 0.3) is 0 Å². The average Bonchev–Trinajstić information content (AvgIpc) is 3.12. The minimum atomic E-state index is -3.68. The summed E-state index contributed by atoms with van der Waals surface area (Å²) in [4.78, 5) is 12.4. The van der Waals surface area contributed by atoms with E-state index in [1.165, 1.54) is 6.07 Å². The van der Waals surface area contributed by atoms with Crippen LogP contribution in [0.4, 0.5) is 11.4 Å². The van der Waals surface area contributed by atoms with E-state index in [-0.39, 0.29) is 10.1 Å². The molecule has 2 N–H and O–H groups in total. The molecule has 0 saturated carbocycles. The molecule has 0 radical (unpaired) electrons. The molecule has 0 bridgehead atoms. The predicted octanol–water partition coefficient (Wildman–Crippen LogP) is 4.41. The van der Waals surface area contributed by atoms with E-state index in [9.17, 15) is 13.2 Å². The molecule has 0 unspecified atom stereocenters. The summed E-state index contributed by atoms with van der Waals surface area (Å²) in [6, 6.07) is 17.0. The zero-order valence-electron chi connectivity index (χ0n) is 12.8. The van der Waals surface area contributed by atoms with E-state index in [2.05, 4.69) is 32.6 Å². The van der Waals surface area contributed by atoms with Crippen LogP contribution in [0.3, 0.4) is 0 Å². The first kappa shape index (κ1) is 17.9. The highest BCUT2D eigenvalue weighted by molar-refractivity contribution is 14.1. The van der Waals surface area contributed by atoms with Gasteiger partial charge in [-0.25, -0.2) is 8.42 Å². The van der Waals surface area contributed by atoms with E-state index >= 15 is 0 Å². The molecule has 1 aromatic heterocycles. The lowest BCUT2D eigenvalue weighted by molar-refractivity contribution is 0.102. The smallest absolute Gasteiger partial charge is 0.271 e. The molecular weight excluding hydrogens is 471 g/mol. The fraction of sp³-hybridized carbons (Fsp3) is 0. The van der Waals surface area contributed by atoms with Crippen molar-refractivity contribution in [3.63, 3.8) is 0 Å². The van der Waals surface area contributed by atoms with Crippen molar-refractivity contribution >= 4 is 61.2 Å². The largest absolute Gasteiger partial charge is 0.320 e. The number of amides is 1. The molecular formula is C17H13IN2O3S2. The van der Waals surface area contributed by atoms with E-state index in [0.29, 0.717) is 16.9 Å². The number of hydrogen-bond acceptors (Lipinski definition) is 4. The lowest BCUT2D eigenvalue weighted by Gasteiger charge is -2.13. The molecule has 1 heterocycles. The Morgan fingerprint density at radius 1 is 0.920 bits per heavy atom. The van der Waals surface area contributed by atoms with Crippen molar-refractivity contribution in [2.45, 2.75) is 4.21 Å². The van der Waals surface area contributed by atoms with Gasteiger partial charge in [-0.2, -0.15) is 0 Å². The van der Waals surface area contributed by atoms with Crippen LogP contribution in [0.1, 0.15) is 10.4 Å². The third-order valence-electron chi connectivity index (χ3n) is 3.29. The highest BCUT2D eigenvalue weighted by Gasteiger charge is 2.17. The van der Waals surface area contributed by atoms with Gasteiger partial charge in [-0.05, 0) is 70.4 Å². The van der Waals surface area contributed by atoms with Gasteiger partial charge < -0.3 is 5.32 Å². The van der Waals surface area contributed by atoms with Gasteiger partial charge in [0.1, 0.15) is 4.21 Å². The van der Waals surface area contributed by atoms with Gasteiger partial charge in [0.2, 0.25) is 0 Å². The Balaban J connectivity index is 1.84. The standard InChI is InChI=1S/C17H13IN2O3S2/c18-13-9-7-12(8-10-13)17(21)19-14-4-1-2-5-15(14)20-25(22,23)16-6-3-11-24-16/h1-11,20H,(H,19,21). The average molecular weight is 484 g/mol. The van der Waals surface area contributed by atoms with Crippen LogP contribution in [0, 0.1) is 3.57 Å². The summed E-state index contributed by atoms with van der Waals surface area (Å²) in [5.41, 5.74) is 1.21. The Morgan fingerprint density at radius 3 is 2.24 bits per heavy atom. The quantitative estimate of drug-likeness (QED) is 0.527. The Kier molecular flexibility index (Phi) is 5.40. The van der Waals surface area contributed by atoms with Gasteiger partial charge in [-0.1, -0.05) is 18.2 Å². The molecule has 0 aliphatic rings. The van der Waals surface area contributed by atoms with E-state index in [1.807, 2.05) is 12.1 Å². The fourth-order valence-corrected chi connectivity index (χ4v) is 4.52. The molecule has 0 aliphatic heterocycles. The Morgan fingerprint density at radius 2 is 1.60 bits per heavy atom. The number of carbonyl (C=O) groups excluding carboxylic acids is 1. The van der Waals surface area contributed by atoms with Gasteiger partial charge in [-0.3, -0.25) is 9.52 Å². The Labute approximate surface area is 163 Å². The summed E-state index contributed by atoms with van der Waals surface area (Å²) in [6.07, 6.45) is 0. The van der Waals surface area contributed by atoms with Crippen LogP contribution in [-0.4, -0.2) is 14.3 Å². The summed E-state index contributed by atoms with van der Waals surface area (Å²) < 4.78 is 28.6. The highest BCUT2D eigenvalue weighted by atomic mass is 127. The van der Waals surface area contributed by atoms with Crippen LogP contribution in [0.15, 0.2) is 70.3 Å². The van der Waals surface area contributed by atoms with Crippen LogP contribution in [0.2, 0.25) is 0 Å². The normalized spacial score (nSPS) is 11.1. The third kappa shape index (κ3) is 4.39. The summed E-state index contributed by atoms with van der Waals surface area (Å²) >= 11 is 3.29. The van der Waals surface area contributed by atoms with Crippen molar-refractivity contribution in [3.8, 4) is 0 Å². The number of anilines is 2. The van der Waals surface area contributed by atoms with Crippen LogP contribution >= 0.6 is 33.9 Å². The molecule has 0 atom stereocenters. The van der Waals surface area contributed by atoms with Gasteiger partial charge in [-0.15, -0.1) is 11.3 Å². The second-order valence-corrected chi connectivity index (χ2v) is 9.15. The van der Waals surface area contributed by atoms with E-state index in [4.69, 9.17) is 0 Å². The molecule has 3 aromatic rings. The van der Waals surface area contributed by atoms with Gasteiger partial charge in [0, 0.05) is 9.13 Å². The molecule has 3 rings (SSSR count). The predicted molar refractivity (Wildman–Crippen MR) is 109 cm³/mol. The van der Waals surface area contributed by atoms with E-state index in [0.717, 1.165) is 14.9 Å². The van der Waals surface area contributed by atoms with E-state index < -0.39 is 10.0 Å². The van der Waals surface area contributed by atoms with Crippen molar-refractivity contribution in [1.82, 2.24) is 0 Å². The summed E-state index contributed by atoms with van der Waals surface area (Å²) in [5, 5.41) is 4.44. The van der Waals surface area contributed by atoms with Crippen molar-refractivity contribution in [1.29, 1.82) is 0 Å². The second kappa shape index (κ2) is 7.54. The lowest BCUT2D eigenvalue weighted by atomic mass is 10.2. The van der Waals surface area contributed by atoms with Crippen molar-refractivity contribution in [2.75, 3.05) is 10.0 Å². The maximum Gasteiger partial charge on any atom is 0.271 e. The van der Waals surface area contributed by atoms with Crippen LogP contribution in [0.5, 0.6) is 0 Å². The van der Waals surface area contributed by atoms with Crippen molar-refractivity contribution < 1.29 is 13.2 Å². The molecule has 1 amide bonds. The molecule has 0 saturated heterocycles. The number of hydrogen-bond donors (Lipinski definition) is 2.